The van der Waals surface area contributed by atoms with Crippen molar-refractivity contribution in [3.8, 4) is 22.7 Å². The Bertz CT molecular complexity index is 1150. The molecule has 8 heteroatoms. The van der Waals surface area contributed by atoms with Gasteiger partial charge in [0, 0.05) is 24.2 Å². The third-order valence-electron chi connectivity index (χ3n) is 6.70. The van der Waals surface area contributed by atoms with Gasteiger partial charge in [-0.15, -0.1) is 0 Å². The van der Waals surface area contributed by atoms with Crippen molar-refractivity contribution in [3.05, 3.63) is 60.7 Å². The third kappa shape index (κ3) is 7.12. The van der Waals surface area contributed by atoms with Gasteiger partial charge in [0.15, 0.2) is 0 Å². The summed E-state index contributed by atoms with van der Waals surface area (Å²) >= 11 is 0. The van der Waals surface area contributed by atoms with Crippen LogP contribution in [0.3, 0.4) is 0 Å². The number of carbonyl (C=O) groups excluding carboxylic acids is 2. The quantitative estimate of drug-likeness (QED) is 0.375. The Morgan fingerprint density at radius 1 is 1.05 bits per heavy atom. The lowest BCUT2D eigenvalue weighted by atomic mass is 9.96. The lowest BCUT2D eigenvalue weighted by molar-refractivity contribution is -0.116. The number of nitrogens with one attached hydrogen (secondary N) is 2. The number of urea groups is 1. The predicted octanol–water partition coefficient (Wildman–Crippen LogP) is 5.63. The van der Waals surface area contributed by atoms with Gasteiger partial charge in [-0.2, -0.15) is 5.10 Å². The Balaban J connectivity index is 1.53. The normalized spacial score (nSPS) is 13.7. The zero-order chi connectivity index (χ0) is 26.0. The number of anilines is 1. The van der Waals surface area contributed by atoms with E-state index in [1.165, 1.54) is 6.42 Å². The van der Waals surface area contributed by atoms with Crippen LogP contribution >= 0.6 is 0 Å². The topological polar surface area (TPSA) is 88.5 Å². The molecule has 0 atom stereocenters. The van der Waals surface area contributed by atoms with Gasteiger partial charge < -0.3 is 20.3 Å². The van der Waals surface area contributed by atoms with Crippen molar-refractivity contribution in [2.24, 2.45) is 0 Å². The standard InChI is InChI=1S/C29H37N5O3/c1-3-4-19-33(29(36)30-23-13-9-6-10-14-23)21-28(35)31-27-20-26(22-11-7-5-8-12-22)32-34(27)24-15-17-25(37-2)18-16-24/h5,7-8,11-12,15-18,20,23H,3-4,6,9-10,13-14,19,21H2,1-2H3,(H,30,36)(H,31,35). The molecule has 0 aliphatic heterocycles. The van der Waals surface area contributed by atoms with Crippen LogP contribution in [0.25, 0.3) is 16.9 Å². The van der Waals surface area contributed by atoms with Crippen molar-refractivity contribution in [2.75, 3.05) is 25.5 Å². The molecule has 2 N–H and O–H groups in total. The van der Waals surface area contributed by atoms with E-state index in [0.717, 1.165) is 61.2 Å². The van der Waals surface area contributed by atoms with Crippen LogP contribution in [-0.2, 0) is 4.79 Å². The van der Waals surface area contributed by atoms with Gasteiger partial charge >= 0.3 is 6.03 Å². The van der Waals surface area contributed by atoms with Gasteiger partial charge in [-0.1, -0.05) is 62.9 Å². The Morgan fingerprint density at radius 2 is 1.78 bits per heavy atom. The lowest BCUT2D eigenvalue weighted by Gasteiger charge is -2.28. The minimum Gasteiger partial charge on any atom is -0.497 e. The minimum absolute atomic E-state index is 0.0208. The summed E-state index contributed by atoms with van der Waals surface area (Å²) < 4.78 is 6.99. The molecule has 3 amide bonds. The van der Waals surface area contributed by atoms with Gasteiger partial charge in [-0.05, 0) is 43.5 Å². The minimum atomic E-state index is -0.260. The van der Waals surface area contributed by atoms with E-state index < -0.39 is 0 Å². The van der Waals surface area contributed by atoms with E-state index in [1.54, 1.807) is 16.7 Å². The van der Waals surface area contributed by atoms with Gasteiger partial charge in [0.1, 0.15) is 18.1 Å². The summed E-state index contributed by atoms with van der Waals surface area (Å²) in [4.78, 5) is 27.9. The van der Waals surface area contributed by atoms with Gasteiger partial charge in [-0.3, -0.25) is 4.79 Å². The third-order valence-corrected chi connectivity index (χ3v) is 6.70. The number of amides is 3. The van der Waals surface area contributed by atoms with E-state index in [1.807, 2.05) is 60.7 Å². The number of carbonyl (C=O) groups is 2. The van der Waals surface area contributed by atoms with Gasteiger partial charge in [0.25, 0.3) is 0 Å². The number of benzene rings is 2. The van der Waals surface area contributed by atoms with Crippen molar-refractivity contribution in [2.45, 2.75) is 57.9 Å². The molecule has 8 nitrogen and oxygen atoms in total. The molecule has 1 fully saturated rings. The summed E-state index contributed by atoms with van der Waals surface area (Å²) in [6, 6.07) is 19.2. The summed E-state index contributed by atoms with van der Waals surface area (Å²) in [6.45, 7) is 2.60. The van der Waals surface area contributed by atoms with Crippen LogP contribution in [-0.4, -0.2) is 52.9 Å². The first-order valence-corrected chi connectivity index (χ1v) is 13.2. The Hall–Kier alpha value is -3.81. The van der Waals surface area contributed by atoms with E-state index in [4.69, 9.17) is 9.84 Å². The molecule has 0 spiro atoms. The first kappa shape index (κ1) is 26.3. The van der Waals surface area contributed by atoms with Crippen LogP contribution in [0.4, 0.5) is 10.6 Å². The predicted molar refractivity (Wildman–Crippen MR) is 146 cm³/mol. The number of hydrogen-bond donors (Lipinski definition) is 2. The molecule has 196 valence electrons. The van der Waals surface area contributed by atoms with Crippen LogP contribution in [0, 0.1) is 0 Å². The van der Waals surface area contributed by atoms with E-state index in [2.05, 4.69) is 17.6 Å². The zero-order valence-corrected chi connectivity index (χ0v) is 21.8. The van der Waals surface area contributed by atoms with Gasteiger partial charge in [0.05, 0.1) is 18.5 Å². The summed E-state index contributed by atoms with van der Waals surface area (Å²) in [5.74, 6) is 1.02. The smallest absolute Gasteiger partial charge is 0.318 e. The average molecular weight is 504 g/mol. The molecule has 0 unspecified atom stereocenters. The van der Waals surface area contributed by atoms with Crippen molar-refractivity contribution in [3.63, 3.8) is 0 Å². The molecule has 1 aliphatic carbocycles. The maximum absolute atomic E-state index is 13.2. The lowest BCUT2D eigenvalue weighted by Crippen LogP contribution is -2.48. The number of rotatable bonds is 10. The van der Waals surface area contributed by atoms with Crippen molar-refractivity contribution < 1.29 is 14.3 Å². The molecule has 0 radical (unpaired) electrons. The number of aromatic nitrogens is 2. The number of nitrogens with zero attached hydrogens (tertiary/aromatic N) is 3. The van der Waals surface area contributed by atoms with Crippen molar-refractivity contribution in [1.29, 1.82) is 0 Å². The maximum Gasteiger partial charge on any atom is 0.318 e. The van der Waals surface area contributed by atoms with Gasteiger partial charge in [-0.25, -0.2) is 9.48 Å². The molecule has 3 aromatic rings. The average Bonchev–Trinajstić information content (AvgIpc) is 3.35. The first-order valence-electron chi connectivity index (χ1n) is 13.2. The Morgan fingerprint density at radius 3 is 2.46 bits per heavy atom. The van der Waals surface area contributed by atoms with Crippen LogP contribution in [0.15, 0.2) is 60.7 Å². The highest BCUT2D eigenvalue weighted by Crippen LogP contribution is 2.26. The maximum atomic E-state index is 13.2. The number of hydrogen-bond acceptors (Lipinski definition) is 4. The number of unbranched alkanes of at least 4 members (excludes halogenated alkanes) is 1. The zero-order valence-electron chi connectivity index (χ0n) is 21.8. The largest absolute Gasteiger partial charge is 0.497 e. The summed E-state index contributed by atoms with van der Waals surface area (Å²) in [5.41, 5.74) is 2.47. The van der Waals surface area contributed by atoms with Gasteiger partial charge in [0.2, 0.25) is 5.91 Å². The fourth-order valence-electron chi connectivity index (χ4n) is 4.61. The number of methoxy groups -OCH3 is 1. The second-order valence-corrected chi connectivity index (χ2v) is 9.50. The SMILES string of the molecule is CCCCN(CC(=O)Nc1cc(-c2ccccc2)nn1-c1ccc(OC)cc1)C(=O)NC1CCCCC1. The highest BCUT2D eigenvalue weighted by atomic mass is 16.5. The second-order valence-electron chi connectivity index (χ2n) is 9.50. The number of ether oxygens (including phenoxy) is 1. The van der Waals surface area contributed by atoms with Crippen LogP contribution in [0.5, 0.6) is 5.75 Å². The molecule has 1 aliphatic rings. The molecule has 4 rings (SSSR count). The summed E-state index contributed by atoms with van der Waals surface area (Å²) in [7, 11) is 1.62. The molecule has 2 aromatic carbocycles. The van der Waals surface area contributed by atoms with E-state index in [9.17, 15) is 9.59 Å². The highest BCUT2D eigenvalue weighted by molar-refractivity contribution is 5.94. The fourth-order valence-corrected chi connectivity index (χ4v) is 4.61. The van der Waals surface area contributed by atoms with Crippen molar-refractivity contribution in [1.82, 2.24) is 20.0 Å². The van der Waals surface area contributed by atoms with E-state index in [0.29, 0.717) is 12.4 Å². The van der Waals surface area contributed by atoms with E-state index in [-0.39, 0.29) is 24.5 Å². The van der Waals surface area contributed by atoms with Crippen LogP contribution in [0.2, 0.25) is 0 Å². The summed E-state index contributed by atoms with van der Waals surface area (Å²) in [6.07, 6.45) is 7.29. The highest BCUT2D eigenvalue weighted by Gasteiger charge is 2.22. The van der Waals surface area contributed by atoms with E-state index >= 15 is 0 Å². The molecule has 1 aromatic heterocycles. The monoisotopic (exact) mass is 503 g/mol. The second kappa shape index (κ2) is 12.9. The van der Waals surface area contributed by atoms with Crippen molar-refractivity contribution >= 4 is 17.8 Å². The summed E-state index contributed by atoms with van der Waals surface area (Å²) in [5, 5.41) is 10.9. The molecule has 1 heterocycles. The van der Waals surface area contributed by atoms with Crippen LogP contribution in [0.1, 0.15) is 51.9 Å². The molecule has 1 saturated carbocycles. The molecular formula is C29H37N5O3. The van der Waals surface area contributed by atoms with Crippen LogP contribution < -0.4 is 15.4 Å². The Labute approximate surface area is 219 Å². The molecule has 37 heavy (non-hydrogen) atoms. The molecule has 0 saturated heterocycles. The molecule has 0 bridgehead atoms. The fraction of sp³-hybridized carbons (Fsp3) is 0.414. The first-order chi connectivity index (χ1) is 18.1. The Kier molecular flexibility index (Phi) is 9.18. The molecular weight excluding hydrogens is 466 g/mol.